The molecular formula is C24H21N7O2. The number of carbonyl (C=O) groups excluding carboxylic acids is 1. The van der Waals surface area contributed by atoms with Crippen molar-refractivity contribution in [1.82, 2.24) is 29.1 Å². The Bertz CT molecular complexity index is 1470. The van der Waals surface area contributed by atoms with E-state index < -0.39 is 0 Å². The third kappa shape index (κ3) is 4.03. The van der Waals surface area contributed by atoms with Gasteiger partial charge in [-0.05, 0) is 63.2 Å². The maximum absolute atomic E-state index is 12.9. The van der Waals surface area contributed by atoms with Crippen molar-refractivity contribution in [1.29, 1.82) is 0 Å². The zero-order valence-electron chi connectivity index (χ0n) is 18.4. The summed E-state index contributed by atoms with van der Waals surface area (Å²) in [6.45, 7) is 5.71. The average molecular weight is 439 g/mol. The fourth-order valence-electron chi connectivity index (χ4n) is 3.67. The molecule has 1 N–H and O–H groups in total. The summed E-state index contributed by atoms with van der Waals surface area (Å²) < 4.78 is 9.39. The quantitative estimate of drug-likeness (QED) is 0.439. The van der Waals surface area contributed by atoms with Gasteiger partial charge >= 0.3 is 0 Å². The highest BCUT2D eigenvalue weighted by molar-refractivity contribution is 6.04. The number of amides is 1. The highest BCUT2D eigenvalue weighted by Crippen LogP contribution is 2.23. The van der Waals surface area contributed by atoms with E-state index in [0.29, 0.717) is 34.5 Å². The zero-order valence-corrected chi connectivity index (χ0v) is 18.4. The molecular weight excluding hydrogens is 418 g/mol. The molecule has 0 bridgehead atoms. The zero-order chi connectivity index (χ0) is 22.9. The molecule has 0 aliphatic rings. The van der Waals surface area contributed by atoms with Crippen LogP contribution in [0.1, 0.15) is 27.6 Å². The van der Waals surface area contributed by atoms with Gasteiger partial charge in [0.05, 0.1) is 11.4 Å². The number of nitrogens with zero attached hydrogens (tertiary/aromatic N) is 6. The summed E-state index contributed by atoms with van der Waals surface area (Å²) in [5.41, 5.74) is 4.42. The smallest absolute Gasteiger partial charge is 0.274 e. The highest BCUT2D eigenvalue weighted by Gasteiger charge is 2.16. The van der Waals surface area contributed by atoms with Gasteiger partial charge in [0, 0.05) is 23.6 Å². The number of aromatic nitrogens is 6. The second kappa shape index (κ2) is 8.19. The van der Waals surface area contributed by atoms with Gasteiger partial charge < -0.3 is 10.1 Å². The van der Waals surface area contributed by atoms with Crippen LogP contribution >= 0.6 is 0 Å². The van der Waals surface area contributed by atoms with Gasteiger partial charge in [0.1, 0.15) is 23.4 Å². The van der Waals surface area contributed by atoms with Gasteiger partial charge in [-0.3, -0.25) is 9.20 Å². The third-order valence-electron chi connectivity index (χ3n) is 5.11. The Hall–Kier alpha value is -4.53. The van der Waals surface area contributed by atoms with Crippen molar-refractivity contribution in [3.05, 3.63) is 89.9 Å². The number of ether oxygens (including phenoxy) is 1. The van der Waals surface area contributed by atoms with Crippen LogP contribution in [-0.4, -0.2) is 35.0 Å². The largest absolute Gasteiger partial charge is 0.439 e. The van der Waals surface area contributed by atoms with Crippen molar-refractivity contribution in [3.8, 4) is 17.4 Å². The molecule has 0 fully saturated rings. The van der Waals surface area contributed by atoms with Crippen molar-refractivity contribution in [2.45, 2.75) is 20.8 Å². The van der Waals surface area contributed by atoms with E-state index in [1.165, 1.54) is 6.33 Å². The van der Waals surface area contributed by atoms with E-state index in [9.17, 15) is 4.79 Å². The van der Waals surface area contributed by atoms with Crippen molar-refractivity contribution in [2.75, 3.05) is 5.32 Å². The first-order chi connectivity index (χ1) is 16.0. The third-order valence-corrected chi connectivity index (χ3v) is 5.11. The SMILES string of the molecule is Cc1cc(C)n(-c2cc(Oc3ccc(NC(=O)c4c(C)nc5ccccn45)cc3)ncn2)n1. The minimum absolute atomic E-state index is 0.231. The average Bonchev–Trinajstić information content (AvgIpc) is 3.32. The first-order valence-electron chi connectivity index (χ1n) is 10.4. The molecule has 0 saturated carbocycles. The summed E-state index contributed by atoms with van der Waals surface area (Å²) in [7, 11) is 0. The van der Waals surface area contributed by atoms with Gasteiger partial charge in [0.15, 0.2) is 5.82 Å². The summed E-state index contributed by atoms with van der Waals surface area (Å²) in [5.74, 6) is 1.37. The maximum atomic E-state index is 12.9. The molecule has 0 unspecified atom stereocenters. The Morgan fingerprint density at radius 3 is 2.58 bits per heavy atom. The fourth-order valence-corrected chi connectivity index (χ4v) is 3.67. The molecule has 5 rings (SSSR count). The molecule has 4 heterocycles. The highest BCUT2D eigenvalue weighted by atomic mass is 16.5. The molecule has 0 aliphatic heterocycles. The number of fused-ring (bicyclic) bond motifs is 1. The number of pyridine rings is 1. The summed E-state index contributed by atoms with van der Waals surface area (Å²) in [6, 6.07) is 16.4. The number of imidazole rings is 1. The topological polar surface area (TPSA) is 99.2 Å². The van der Waals surface area contributed by atoms with Gasteiger partial charge in [0.25, 0.3) is 5.91 Å². The van der Waals surface area contributed by atoms with Gasteiger partial charge in [-0.1, -0.05) is 6.07 Å². The molecule has 1 amide bonds. The first-order valence-corrected chi connectivity index (χ1v) is 10.4. The predicted octanol–water partition coefficient (Wildman–Crippen LogP) is 4.28. The van der Waals surface area contributed by atoms with Crippen molar-refractivity contribution >= 4 is 17.2 Å². The van der Waals surface area contributed by atoms with Gasteiger partial charge in [0.2, 0.25) is 5.88 Å². The van der Waals surface area contributed by atoms with Crippen LogP contribution in [0.3, 0.4) is 0 Å². The van der Waals surface area contributed by atoms with Crippen LogP contribution in [0, 0.1) is 20.8 Å². The van der Waals surface area contributed by atoms with Crippen LogP contribution in [0.4, 0.5) is 5.69 Å². The summed E-state index contributed by atoms with van der Waals surface area (Å²) in [6.07, 6.45) is 3.26. The van der Waals surface area contributed by atoms with Crippen molar-refractivity contribution < 1.29 is 9.53 Å². The molecule has 9 heteroatoms. The lowest BCUT2D eigenvalue weighted by molar-refractivity contribution is 0.102. The normalized spacial score (nSPS) is 11.0. The number of rotatable bonds is 5. The van der Waals surface area contributed by atoms with Crippen molar-refractivity contribution in [2.24, 2.45) is 0 Å². The van der Waals surface area contributed by atoms with Crippen LogP contribution in [0.5, 0.6) is 11.6 Å². The van der Waals surface area contributed by atoms with Crippen LogP contribution in [0.25, 0.3) is 11.5 Å². The van der Waals surface area contributed by atoms with E-state index in [0.717, 1.165) is 17.0 Å². The number of carbonyl (C=O) groups is 1. The Kier molecular flexibility index (Phi) is 5.06. The summed E-state index contributed by atoms with van der Waals surface area (Å²) in [4.78, 5) is 25.8. The lowest BCUT2D eigenvalue weighted by Gasteiger charge is -2.09. The van der Waals surface area contributed by atoms with E-state index in [4.69, 9.17) is 4.74 Å². The standard InChI is InChI=1S/C24H21N7O2/c1-15-12-16(2)31(29-15)21-13-22(26-14-25-21)33-19-9-7-18(8-10-19)28-24(32)23-17(3)27-20-6-4-5-11-30(20)23/h4-14H,1-3H3,(H,28,32). The van der Waals surface area contributed by atoms with Crippen LogP contribution in [0.2, 0.25) is 0 Å². The van der Waals surface area contributed by atoms with Crippen LogP contribution < -0.4 is 10.1 Å². The summed E-state index contributed by atoms with van der Waals surface area (Å²) >= 11 is 0. The summed E-state index contributed by atoms with van der Waals surface area (Å²) in [5, 5.41) is 7.35. The number of nitrogens with one attached hydrogen (secondary N) is 1. The van der Waals surface area contributed by atoms with Crippen LogP contribution in [0.15, 0.2) is 67.1 Å². The molecule has 0 atom stereocenters. The second-order valence-corrected chi connectivity index (χ2v) is 7.61. The lowest BCUT2D eigenvalue weighted by Crippen LogP contribution is -2.15. The number of aryl methyl sites for hydroxylation is 3. The molecule has 0 spiro atoms. The number of benzene rings is 1. The van der Waals surface area contributed by atoms with Gasteiger partial charge in [-0.15, -0.1) is 0 Å². The fraction of sp³-hybridized carbons (Fsp3) is 0.125. The Morgan fingerprint density at radius 2 is 1.82 bits per heavy atom. The minimum atomic E-state index is -0.231. The molecule has 0 aliphatic carbocycles. The molecule has 0 radical (unpaired) electrons. The Balaban J connectivity index is 1.31. The van der Waals surface area contributed by atoms with E-state index in [2.05, 4.69) is 25.4 Å². The molecule has 5 aromatic rings. The van der Waals surface area contributed by atoms with Gasteiger partial charge in [-0.25, -0.2) is 19.6 Å². The number of anilines is 1. The molecule has 164 valence electrons. The predicted molar refractivity (Wildman–Crippen MR) is 123 cm³/mol. The van der Waals surface area contributed by atoms with E-state index in [1.807, 2.05) is 51.2 Å². The maximum Gasteiger partial charge on any atom is 0.274 e. The molecule has 9 nitrogen and oxygen atoms in total. The minimum Gasteiger partial charge on any atom is -0.439 e. The van der Waals surface area contributed by atoms with Crippen LogP contribution in [-0.2, 0) is 0 Å². The molecule has 33 heavy (non-hydrogen) atoms. The second-order valence-electron chi connectivity index (χ2n) is 7.61. The Labute approximate surface area is 189 Å². The van der Waals surface area contributed by atoms with E-state index in [-0.39, 0.29) is 5.91 Å². The van der Waals surface area contributed by atoms with Crippen molar-refractivity contribution in [3.63, 3.8) is 0 Å². The first kappa shape index (κ1) is 20.4. The Morgan fingerprint density at radius 1 is 1.00 bits per heavy atom. The monoisotopic (exact) mass is 439 g/mol. The molecule has 1 aromatic carbocycles. The van der Waals surface area contributed by atoms with Gasteiger partial charge in [-0.2, -0.15) is 5.10 Å². The van der Waals surface area contributed by atoms with E-state index in [1.54, 1.807) is 39.4 Å². The number of hydrogen-bond acceptors (Lipinski definition) is 6. The number of hydrogen-bond donors (Lipinski definition) is 1. The van der Waals surface area contributed by atoms with E-state index >= 15 is 0 Å². The molecule has 0 saturated heterocycles. The molecule has 4 aromatic heterocycles. The lowest BCUT2D eigenvalue weighted by atomic mass is 10.2.